The van der Waals surface area contributed by atoms with Crippen LogP contribution in [0.1, 0.15) is 29.6 Å². The number of aliphatic hydroxyl groups excluding tert-OH is 1. The monoisotopic (exact) mass is 293 g/mol. The average molecular weight is 293 g/mol. The largest absolute Gasteiger partial charge is 0.491 e. The van der Waals surface area contributed by atoms with E-state index in [4.69, 9.17) is 9.47 Å². The summed E-state index contributed by atoms with van der Waals surface area (Å²) in [5.74, 6) is 0.939. The van der Waals surface area contributed by atoms with Gasteiger partial charge >= 0.3 is 0 Å². The summed E-state index contributed by atoms with van der Waals surface area (Å²) >= 11 is 0. The summed E-state index contributed by atoms with van der Waals surface area (Å²) in [5, 5.41) is 12.4. The van der Waals surface area contributed by atoms with E-state index in [1.54, 1.807) is 25.3 Å². The summed E-state index contributed by atoms with van der Waals surface area (Å²) < 4.78 is 10.4. The number of rotatable bonds is 7. The maximum atomic E-state index is 12.1. The minimum Gasteiger partial charge on any atom is -0.491 e. The molecule has 21 heavy (non-hydrogen) atoms. The Kier molecular flexibility index (Phi) is 6.02. The second kappa shape index (κ2) is 8.00. The summed E-state index contributed by atoms with van der Waals surface area (Å²) in [4.78, 5) is 12.1. The number of amides is 1. The van der Waals surface area contributed by atoms with E-state index in [2.05, 4.69) is 5.32 Å². The molecule has 1 fully saturated rings. The molecule has 2 N–H and O–H groups in total. The molecule has 0 heterocycles. The normalized spacial score (nSPS) is 21.2. The molecule has 0 saturated heterocycles. The predicted molar refractivity (Wildman–Crippen MR) is 79.5 cm³/mol. The summed E-state index contributed by atoms with van der Waals surface area (Å²) in [6.07, 6.45) is 2.38. The zero-order chi connectivity index (χ0) is 15.1. The summed E-state index contributed by atoms with van der Waals surface area (Å²) in [5.41, 5.74) is 0.587. The first-order valence-corrected chi connectivity index (χ1v) is 7.37. The number of methoxy groups -OCH3 is 1. The molecule has 0 aliphatic heterocycles. The molecule has 0 radical (unpaired) electrons. The van der Waals surface area contributed by atoms with Gasteiger partial charge in [-0.25, -0.2) is 0 Å². The van der Waals surface area contributed by atoms with Crippen LogP contribution in [0, 0.1) is 5.92 Å². The van der Waals surface area contributed by atoms with Gasteiger partial charge in [-0.1, -0.05) is 6.07 Å². The van der Waals surface area contributed by atoms with Crippen LogP contribution < -0.4 is 10.1 Å². The van der Waals surface area contributed by atoms with E-state index >= 15 is 0 Å². The SMILES string of the molecule is COCCOc1cccc(C(=O)NC[C@@H]2CC[C@@H](O)C2)c1. The first-order valence-electron chi connectivity index (χ1n) is 7.37. The Hall–Kier alpha value is -1.59. The van der Waals surface area contributed by atoms with Gasteiger partial charge < -0.3 is 19.9 Å². The minimum absolute atomic E-state index is 0.103. The molecule has 1 amide bonds. The molecule has 0 bridgehead atoms. The van der Waals surface area contributed by atoms with Gasteiger partial charge in [0.1, 0.15) is 12.4 Å². The topological polar surface area (TPSA) is 67.8 Å². The molecule has 0 unspecified atom stereocenters. The number of benzene rings is 1. The lowest BCUT2D eigenvalue weighted by Gasteiger charge is -2.12. The van der Waals surface area contributed by atoms with E-state index in [-0.39, 0.29) is 12.0 Å². The lowest BCUT2D eigenvalue weighted by atomic mass is 10.1. The van der Waals surface area contributed by atoms with Gasteiger partial charge in [0.15, 0.2) is 0 Å². The highest BCUT2D eigenvalue weighted by molar-refractivity contribution is 5.94. The molecule has 1 saturated carbocycles. The van der Waals surface area contributed by atoms with Crippen LogP contribution in [0.3, 0.4) is 0 Å². The minimum atomic E-state index is -0.204. The third kappa shape index (κ3) is 5.02. The highest BCUT2D eigenvalue weighted by Crippen LogP contribution is 2.24. The van der Waals surface area contributed by atoms with Crippen LogP contribution >= 0.6 is 0 Å². The molecular formula is C16H23NO4. The lowest BCUT2D eigenvalue weighted by molar-refractivity contribution is 0.0944. The third-order valence-corrected chi connectivity index (χ3v) is 3.72. The Labute approximate surface area is 125 Å². The first kappa shape index (κ1) is 15.8. The van der Waals surface area contributed by atoms with E-state index in [9.17, 15) is 9.90 Å². The number of aliphatic hydroxyl groups is 1. The molecule has 0 aromatic heterocycles. The second-order valence-electron chi connectivity index (χ2n) is 5.41. The van der Waals surface area contributed by atoms with E-state index in [1.807, 2.05) is 6.07 Å². The fraction of sp³-hybridized carbons (Fsp3) is 0.562. The van der Waals surface area contributed by atoms with Crippen molar-refractivity contribution >= 4 is 5.91 Å². The van der Waals surface area contributed by atoms with Crippen molar-refractivity contribution in [2.75, 3.05) is 26.9 Å². The molecule has 1 aromatic rings. The number of carbonyl (C=O) groups is 1. The second-order valence-corrected chi connectivity index (χ2v) is 5.41. The average Bonchev–Trinajstić information content (AvgIpc) is 2.91. The van der Waals surface area contributed by atoms with E-state index < -0.39 is 0 Å². The third-order valence-electron chi connectivity index (χ3n) is 3.72. The highest BCUT2D eigenvalue weighted by atomic mass is 16.5. The molecule has 0 spiro atoms. The molecule has 1 aromatic carbocycles. The molecule has 2 atom stereocenters. The van der Waals surface area contributed by atoms with Crippen LogP contribution in [-0.2, 0) is 4.74 Å². The number of hydrogen-bond acceptors (Lipinski definition) is 4. The van der Waals surface area contributed by atoms with Crippen molar-refractivity contribution in [2.45, 2.75) is 25.4 Å². The molecule has 1 aliphatic rings. The van der Waals surface area contributed by atoms with Gasteiger partial charge in [-0.2, -0.15) is 0 Å². The highest BCUT2D eigenvalue weighted by Gasteiger charge is 2.23. The number of carbonyl (C=O) groups excluding carboxylic acids is 1. The van der Waals surface area contributed by atoms with Crippen molar-refractivity contribution in [3.05, 3.63) is 29.8 Å². The summed E-state index contributed by atoms with van der Waals surface area (Å²) in [7, 11) is 1.62. The molecule has 5 heteroatoms. The smallest absolute Gasteiger partial charge is 0.251 e. The summed E-state index contributed by atoms with van der Waals surface area (Å²) in [6, 6.07) is 7.12. The van der Waals surface area contributed by atoms with Gasteiger partial charge in [0.05, 0.1) is 12.7 Å². The van der Waals surface area contributed by atoms with Crippen LogP contribution in [0.4, 0.5) is 0 Å². The maximum absolute atomic E-state index is 12.1. The van der Waals surface area contributed by atoms with Crippen LogP contribution in [0.15, 0.2) is 24.3 Å². The number of hydrogen-bond donors (Lipinski definition) is 2. The Balaban J connectivity index is 1.82. The zero-order valence-electron chi connectivity index (χ0n) is 12.4. The molecule has 5 nitrogen and oxygen atoms in total. The van der Waals surface area contributed by atoms with Crippen molar-refractivity contribution in [3.8, 4) is 5.75 Å². The van der Waals surface area contributed by atoms with Gasteiger partial charge in [0, 0.05) is 19.2 Å². The maximum Gasteiger partial charge on any atom is 0.251 e. The Morgan fingerprint density at radius 2 is 2.24 bits per heavy atom. The van der Waals surface area contributed by atoms with E-state index in [1.165, 1.54) is 0 Å². The Morgan fingerprint density at radius 3 is 2.95 bits per heavy atom. The van der Waals surface area contributed by atoms with E-state index in [0.717, 1.165) is 19.3 Å². The number of nitrogens with one attached hydrogen (secondary N) is 1. The summed E-state index contributed by atoms with van der Waals surface area (Å²) in [6.45, 7) is 1.59. The van der Waals surface area contributed by atoms with Crippen molar-refractivity contribution in [2.24, 2.45) is 5.92 Å². The molecular weight excluding hydrogens is 270 g/mol. The first-order chi connectivity index (χ1) is 10.2. The fourth-order valence-corrected chi connectivity index (χ4v) is 2.54. The van der Waals surface area contributed by atoms with E-state index in [0.29, 0.717) is 37.0 Å². The lowest BCUT2D eigenvalue weighted by Crippen LogP contribution is -2.28. The van der Waals surface area contributed by atoms with Gasteiger partial charge in [0.2, 0.25) is 0 Å². The Morgan fingerprint density at radius 1 is 1.38 bits per heavy atom. The van der Waals surface area contributed by atoms with Gasteiger partial charge in [0.25, 0.3) is 5.91 Å². The quantitative estimate of drug-likeness (QED) is 0.749. The van der Waals surface area contributed by atoms with Crippen molar-refractivity contribution in [3.63, 3.8) is 0 Å². The fourth-order valence-electron chi connectivity index (χ4n) is 2.54. The van der Waals surface area contributed by atoms with Crippen LogP contribution in [0.5, 0.6) is 5.75 Å². The molecule has 1 aliphatic carbocycles. The van der Waals surface area contributed by atoms with Crippen molar-refractivity contribution in [1.82, 2.24) is 5.32 Å². The van der Waals surface area contributed by atoms with Gasteiger partial charge in [-0.05, 0) is 43.4 Å². The van der Waals surface area contributed by atoms with Crippen molar-refractivity contribution in [1.29, 1.82) is 0 Å². The Bertz CT molecular complexity index is 463. The van der Waals surface area contributed by atoms with Crippen molar-refractivity contribution < 1.29 is 19.4 Å². The predicted octanol–water partition coefficient (Wildman–Crippen LogP) is 1.60. The van der Waals surface area contributed by atoms with Gasteiger partial charge in [-0.3, -0.25) is 4.79 Å². The standard InChI is InChI=1S/C16H23NO4/c1-20-7-8-21-15-4-2-3-13(10-15)16(19)17-11-12-5-6-14(18)9-12/h2-4,10,12,14,18H,5-9,11H2,1H3,(H,17,19)/t12-,14-/m1/s1. The zero-order valence-corrected chi connectivity index (χ0v) is 12.4. The van der Waals surface area contributed by atoms with Crippen LogP contribution in [-0.4, -0.2) is 44.0 Å². The molecule has 116 valence electrons. The number of ether oxygens (including phenoxy) is 2. The van der Waals surface area contributed by atoms with Gasteiger partial charge in [-0.15, -0.1) is 0 Å². The van der Waals surface area contributed by atoms with Crippen LogP contribution in [0.25, 0.3) is 0 Å². The molecule has 2 rings (SSSR count). The van der Waals surface area contributed by atoms with Crippen LogP contribution in [0.2, 0.25) is 0 Å².